The SMILES string of the molecule is C(COCC1CO1)OCC1CO1.c1ccc(N2CCNCC2)cc1. The second-order valence-electron chi connectivity index (χ2n) is 6.13. The summed E-state index contributed by atoms with van der Waals surface area (Å²) in [7, 11) is 0. The van der Waals surface area contributed by atoms with Gasteiger partial charge in [-0.15, -0.1) is 0 Å². The van der Waals surface area contributed by atoms with Gasteiger partial charge in [0.1, 0.15) is 12.2 Å². The van der Waals surface area contributed by atoms with Crippen LogP contribution in [-0.2, 0) is 18.9 Å². The number of piperazine rings is 1. The van der Waals surface area contributed by atoms with Gasteiger partial charge in [0, 0.05) is 31.9 Å². The summed E-state index contributed by atoms with van der Waals surface area (Å²) in [5.74, 6) is 0. The molecule has 0 amide bonds. The molecule has 3 fully saturated rings. The first-order chi connectivity index (χ1) is 11.9. The fraction of sp³-hybridized carbons (Fsp3) is 0.667. The summed E-state index contributed by atoms with van der Waals surface area (Å²) < 4.78 is 20.5. The molecule has 3 saturated heterocycles. The summed E-state index contributed by atoms with van der Waals surface area (Å²) in [4.78, 5) is 2.41. The highest BCUT2D eigenvalue weighted by molar-refractivity contribution is 5.46. The molecule has 134 valence electrons. The first kappa shape index (κ1) is 17.6. The van der Waals surface area contributed by atoms with Gasteiger partial charge in [0.2, 0.25) is 0 Å². The average molecular weight is 336 g/mol. The number of benzene rings is 1. The van der Waals surface area contributed by atoms with Crippen molar-refractivity contribution in [1.29, 1.82) is 0 Å². The number of rotatable bonds is 8. The summed E-state index contributed by atoms with van der Waals surface area (Å²) in [6.45, 7) is 8.93. The number of nitrogens with one attached hydrogen (secondary N) is 1. The Kier molecular flexibility index (Phi) is 7.32. The molecule has 0 aromatic heterocycles. The largest absolute Gasteiger partial charge is 0.376 e. The molecule has 0 radical (unpaired) electrons. The molecule has 0 aliphatic carbocycles. The fourth-order valence-corrected chi connectivity index (χ4v) is 2.44. The van der Waals surface area contributed by atoms with Crippen LogP contribution in [0.3, 0.4) is 0 Å². The lowest BCUT2D eigenvalue weighted by molar-refractivity contribution is 0.0366. The summed E-state index contributed by atoms with van der Waals surface area (Å²) in [6.07, 6.45) is 0.716. The minimum absolute atomic E-state index is 0.358. The summed E-state index contributed by atoms with van der Waals surface area (Å²) in [6, 6.07) is 10.6. The van der Waals surface area contributed by atoms with E-state index < -0.39 is 0 Å². The molecule has 3 aliphatic rings. The van der Waals surface area contributed by atoms with E-state index in [4.69, 9.17) is 18.9 Å². The van der Waals surface area contributed by atoms with Gasteiger partial charge < -0.3 is 29.2 Å². The number of ether oxygens (including phenoxy) is 4. The Bertz CT molecular complexity index is 430. The molecular formula is C18H28N2O4. The smallest absolute Gasteiger partial charge is 0.104 e. The van der Waals surface area contributed by atoms with Gasteiger partial charge in [-0.2, -0.15) is 0 Å². The number of hydrogen-bond acceptors (Lipinski definition) is 6. The predicted molar refractivity (Wildman–Crippen MR) is 92.6 cm³/mol. The lowest BCUT2D eigenvalue weighted by Gasteiger charge is -2.29. The van der Waals surface area contributed by atoms with Crippen molar-refractivity contribution in [2.24, 2.45) is 0 Å². The molecule has 2 atom stereocenters. The Balaban J connectivity index is 0.000000141. The van der Waals surface area contributed by atoms with Crippen molar-refractivity contribution >= 4 is 5.69 Å². The number of epoxide rings is 2. The van der Waals surface area contributed by atoms with Crippen LogP contribution in [0.2, 0.25) is 0 Å². The zero-order chi connectivity index (χ0) is 16.5. The Morgan fingerprint density at radius 3 is 1.96 bits per heavy atom. The highest BCUT2D eigenvalue weighted by Gasteiger charge is 2.23. The molecule has 4 rings (SSSR count). The maximum absolute atomic E-state index is 5.27. The summed E-state index contributed by atoms with van der Waals surface area (Å²) >= 11 is 0. The van der Waals surface area contributed by atoms with Crippen molar-refractivity contribution in [3.05, 3.63) is 30.3 Å². The molecule has 0 bridgehead atoms. The van der Waals surface area contributed by atoms with Gasteiger partial charge in [0.25, 0.3) is 0 Å². The predicted octanol–water partition coefficient (Wildman–Crippen LogP) is 0.913. The maximum Gasteiger partial charge on any atom is 0.104 e. The molecule has 6 nitrogen and oxygen atoms in total. The Morgan fingerprint density at radius 2 is 1.46 bits per heavy atom. The third-order valence-electron chi connectivity index (χ3n) is 4.02. The normalized spacial score (nSPS) is 24.9. The Morgan fingerprint density at radius 1 is 0.917 bits per heavy atom. The lowest BCUT2D eigenvalue weighted by atomic mass is 10.2. The van der Waals surface area contributed by atoms with Crippen LogP contribution in [0.15, 0.2) is 30.3 Å². The van der Waals surface area contributed by atoms with E-state index in [9.17, 15) is 0 Å². The minimum Gasteiger partial charge on any atom is -0.376 e. The number of hydrogen-bond donors (Lipinski definition) is 1. The monoisotopic (exact) mass is 336 g/mol. The van der Waals surface area contributed by atoms with Gasteiger partial charge in [-0.3, -0.25) is 0 Å². The van der Waals surface area contributed by atoms with E-state index in [1.54, 1.807) is 0 Å². The molecule has 1 aromatic rings. The molecule has 0 saturated carbocycles. The standard InChI is InChI=1S/C10H14N2.C8H14O4/c1-2-4-10(5-3-1)12-8-6-11-7-9-12;1(9-3-7-5-11-7)2-10-4-8-6-12-8/h1-5,11H,6-9H2;7-8H,1-6H2. The van der Waals surface area contributed by atoms with Crippen molar-refractivity contribution in [1.82, 2.24) is 5.32 Å². The van der Waals surface area contributed by atoms with Crippen LogP contribution in [0.25, 0.3) is 0 Å². The van der Waals surface area contributed by atoms with Crippen LogP contribution in [0.1, 0.15) is 0 Å². The third-order valence-corrected chi connectivity index (χ3v) is 4.02. The van der Waals surface area contributed by atoms with Crippen LogP contribution in [-0.4, -0.2) is 78.0 Å². The topological polar surface area (TPSA) is 58.8 Å². The first-order valence-electron chi connectivity index (χ1n) is 8.81. The number of para-hydroxylation sites is 1. The third kappa shape index (κ3) is 7.15. The van der Waals surface area contributed by atoms with Crippen LogP contribution in [0, 0.1) is 0 Å². The van der Waals surface area contributed by atoms with E-state index >= 15 is 0 Å². The van der Waals surface area contributed by atoms with E-state index in [1.807, 2.05) is 0 Å². The molecule has 1 N–H and O–H groups in total. The molecule has 3 aliphatic heterocycles. The van der Waals surface area contributed by atoms with Crippen LogP contribution < -0.4 is 10.2 Å². The number of nitrogens with zero attached hydrogens (tertiary/aromatic N) is 1. The van der Waals surface area contributed by atoms with Crippen molar-refractivity contribution in [3.63, 3.8) is 0 Å². The van der Waals surface area contributed by atoms with E-state index in [0.29, 0.717) is 38.6 Å². The summed E-state index contributed by atoms with van der Waals surface area (Å²) in [5.41, 5.74) is 1.35. The molecule has 6 heteroatoms. The molecular weight excluding hydrogens is 308 g/mol. The number of anilines is 1. The lowest BCUT2D eigenvalue weighted by Crippen LogP contribution is -2.43. The van der Waals surface area contributed by atoms with Gasteiger partial charge in [-0.1, -0.05) is 18.2 Å². The van der Waals surface area contributed by atoms with Crippen LogP contribution in [0.5, 0.6) is 0 Å². The van der Waals surface area contributed by atoms with Crippen molar-refractivity contribution in [2.45, 2.75) is 12.2 Å². The zero-order valence-electron chi connectivity index (χ0n) is 14.2. The van der Waals surface area contributed by atoms with Gasteiger partial charge in [0.05, 0.1) is 39.6 Å². The quantitative estimate of drug-likeness (QED) is 0.563. The molecule has 0 spiro atoms. The van der Waals surface area contributed by atoms with E-state index in [0.717, 1.165) is 39.4 Å². The van der Waals surface area contributed by atoms with Crippen molar-refractivity contribution < 1.29 is 18.9 Å². The molecule has 2 unspecified atom stereocenters. The molecule has 24 heavy (non-hydrogen) atoms. The Labute approximate surface area is 144 Å². The maximum atomic E-state index is 5.27. The highest BCUT2D eigenvalue weighted by atomic mass is 16.6. The van der Waals surface area contributed by atoms with Gasteiger partial charge in [-0.05, 0) is 12.1 Å². The second kappa shape index (κ2) is 9.96. The molecule has 1 aromatic carbocycles. The van der Waals surface area contributed by atoms with E-state index in [1.165, 1.54) is 5.69 Å². The Hall–Kier alpha value is -1.18. The van der Waals surface area contributed by atoms with E-state index in [2.05, 4.69) is 40.5 Å². The van der Waals surface area contributed by atoms with Gasteiger partial charge in [-0.25, -0.2) is 0 Å². The highest BCUT2D eigenvalue weighted by Crippen LogP contribution is 2.12. The first-order valence-corrected chi connectivity index (χ1v) is 8.81. The van der Waals surface area contributed by atoms with Gasteiger partial charge in [0.15, 0.2) is 0 Å². The summed E-state index contributed by atoms with van der Waals surface area (Å²) in [5, 5.41) is 3.34. The van der Waals surface area contributed by atoms with Gasteiger partial charge >= 0.3 is 0 Å². The second-order valence-corrected chi connectivity index (χ2v) is 6.13. The van der Waals surface area contributed by atoms with Crippen molar-refractivity contribution in [3.8, 4) is 0 Å². The zero-order valence-corrected chi connectivity index (χ0v) is 14.2. The van der Waals surface area contributed by atoms with Crippen LogP contribution >= 0.6 is 0 Å². The van der Waals surface area contributed by atoms with E-state index in [-0.39, 0.29) is 0 Å². The molecule has 3 heterocycles. The van der Waals surface area contributed by atoms with Crippen molar-refractivity contribution in [2.75, 3.05) is 70.7 Å². The average Bonchev–Trinajstić information content (AvgIpc) is 3.55. The van der Waals surface area contributed by atoms with Crippen LogP contribution in [0.4, 0.5) is 5.69 Å². The fourth-order valence-electron chi connectivity index (χ4n) is 2.44. The minimum atomic E-state index is 0.358.